The van der Waals surface area contributed by atoms with Crippen molar-refractivity contribution in [3.8, 4) is 11.8 Å². The van der Waals surface area contributed by atoms with Crippen LogP contribution in [-0.2, 0) is 5.54 Å². The minimum atomic E-state index is -0.242. The number of aromatic hydroxyl groups is 1. The number of aliphatic imine (C=N–C) groups is 1. The van der Waals surface area contributed by atoms with Crippen LogP contribution in [-0.4, -0.2) is 11.3 Å². The van der Waals surface area contributed by atoms with Crippen LogP contribution in [0.15, 0.2) is 41.4 Å². The lowest BCUT2D eigenvalue weighted by Crippen LogP contribution is -2.18. The highest BCUT2D eigenvalue weighted by atomic mass is 16.3. The first-order valence-electron chi connectivity index (χ1n) is 8.16. The zero-order valence-electron chi connectivity index (χ0n) is 13.0. The average Bonchev–Trinajstić information content (AvgIpc) is 3.00. The highest BCUT2D eigenvalue weighted by Gasteiger charge is 2.29. The molecule has 2 rings (SSSR count). The third kappa shape index (κ3) is 4.46. The number of unbranched alkanes of at least 4 members (excludes halogenated alkanes) is 6. The number of hydrogen-bond acceptors (Lipinski definition) is 3. The van der Waals surface area contributed by atoms with Crippen molar-refractivity contribution in [2.24, 2.45) is 4.99 Å². The van der Waals surface area contributed by atoms with Crippen molar-refractivity contribution < 1.29 is 5.11 Å². The van der Waals surface area contributed by atoms with E-state index in [1.807, 2.05) is 24.4 Å². The Bertz CT molecular complexity index is 540. The summed E-state index contributed by atoms with van der Waals surface area (Å²) < 4.78 is 0. The minimum absolute atomic E-state index is 0.242. The Morgan fingerprint density at radius 3 is 2.32 bits per heavy atom. The predicted octanol–water partition coefficient (Wildman–Crippen LogP) is 4.87. The van der Waals surface area contributed by atoms with Gasteiger partial charge in [0.2, 0.25) is 0 Å². The summed E-state index contributed by atoms with van der Waals surface area (Å²) in [6.07, 6.45) is 14.7. The monoisotopic (exact) mass is 296 g/mol. The van der Waals surface area contributed by atoms with Crippen molar-refractivity contribution in [3.63, 3.8) is 0 Å². The van der Waals surface area contributed by atoms with Crippen LogP contribution in [0.1, 0.15) is 56.9 Å². The Morgan fingerprint density at radius 1 is 1.00 bits per heavy atom. The van der Waals surface area contributed by atoms with Crippen LogP contribution in [0.3, 0.4) is 0 Å². The molecule has 0 aliphatic carbocycles. The molecule has 0 radical (unpaired) electrons. The Kier molecular flexibility index (Phi) is 6.21. The highest BCUT2D eigenvalue weighted by molar-refractivity contribution is 5.75. The van der Waals surface area contributed by atoms with E-state index < -0.39 is 0 Å². The van der Waals surface area contributed by atoms with Crippen molar-refractivity contribution in [2.75, 3.05) is 0 Å². The van der Waals surface area contributed by atoms with Crippen LogP contribution in [0.2, 0.25) is 0 Å². The summed E-state index contributed by atoms with van der Waals surface area (Å²) in [5.74, 6) is 0.294. The van der Waals surface area contributed by atoms with Crippen LogP contribution in [0.5, 0.6) is 5.75 Å². The molecule has 0 saturated carbocycles. The van der Waals surface area contributed by atoms with Crippen LogP contribution in [0, 0.1) is 11.3 Å². The lowest BCUT2D eigenvalue weighted by molar-refractivity contribution is 0.465. The normalized spacial score (nSPS) is 19.4. The number of allylic oxidation sites excluding steroid dienone is 1. The van der Waals surface area contributed by atoms with Crippen LogP contribution >= 0.6 is 0 Å². The zero-order chi connectivity index (χ0) is 15.7. The van der Waals surface area contributed by atoms with Gasteiger partial charge < -0.3 is 5.11 Å². The molecule has 1 atom stereocenters. The molecule has 22 heavy (non-hydrogen) atoms. The fourth-order valence-electron chi connectivity index (χ4n) is 2.94. The van der Waals surface area contributed by atoms with Crippen molar-refractivity contribution in [1.82, 2.24) is 0 Å². The number of phenolic OH excluding ortho intramolecular Hbond substituents is 1. The standard InChI is InChI=1S/C19H24N2O/c20-15-7-5-3-1-2-4-6-13-19(14-8-16-21-19)17-9-11-18(22)12-10-17/h8-12,14,16,22H,1-7,13H2. The van der Waals surface area contributed by atoms with Crippen molar-refractivity contribution in [2.45, 2.75) is 56.9 Å². The first-order valence-corrected chi connectivity index (χ1v) is 8.16. The second-order valence-corrected chi connectivity index (χ2v) is 5.89. The molecule has 1 aliphatic rings. The van der Waals surface area contributed by atoms with Gasteiger partial charge in [0.1, 0.15) is 11.3 Å². The van der Waals surface area contributed by atoms with Gasteiger partial charge in [0.25, 0.3) is 0 Å². The molecule has 0 amide bonds. The van der Waals surface area contributed by atoms with E-state index in [9.17, 15) is 5.11 Å². The maximum absolute atomic E-state index is 9.44. The van der Waals surface area contributed by atoms with E-state index >= 15 is 0 Å². The Balaban J connectivity index is 1.78. The third-order valence-corrected chi connectivity index (χ3v) is 4.23. The van der Waals surface area contributed by atoms with E-state index in [2.05, 4.69) is 17.1 Å². The zero-order valence-corrected chi connectivity index (χ0v) is 13.0. The number of benzene rings is 1. The lowest BCUT2D eigenvalue weighted by Gasteiger charge is -2.25. The van der Waals surface area contributed by atoms with Gasteiger partial charge in [-0.15, -0.1) is 0 Å². The summed E-state index contributed by atoms with van der Waals surface area (Å²) in [5.41, 5.74) is 0.901. The van der Waals surface area contributed by atoms with E-state index in [4.69, 9.17) is 5.26 Å². The molecule has 116 valence electrons. The fraction of sp³-hybridized carbons (Fsp3) is 0.474. The van der Waals surface area contributed by atoms with Crippen LogP contribution in [0.4, 0.5) is 0 Å². The average molecular weight is 296 g/mol. The second kappa shape index (κ2) is 8.38. The van der Waals surface area contributed by atoms with Gasteiger partial charge in [0.05, 0.1) is 6.07 Å². The first kappa shape index (κ1) is 16.3. The molecule has 1 aromatic rings. The predicted molar refractivity (Wildman–Crippen MR) is 90.0 cm³/mol. The van der Waals surface area contributed by atoms with Crippen LogP contribution in [0.25, 0.3) is 0 Å². The van der Waals surface area contributed by atoms with Gasteiger partial charge in [-0.2, -0.15) is 5.26 Å². The van der Waals surface area contributed by atoms with Crippen molar-refractivity contribution in [3.05, 3.63) is 42.0 Å². The van der Waals surface area contributed by atoms with E-state index in [0.717, 1.165) is 31.2 Å². The Labute approximate surface area is 133 Å². The largest absolute Gasteiger partial charge is 0.508 e. The highest BCUT2D eigenvalue weighted by Crippen LogP contribution is 2.36. The van der Waals surface area contributed by atoms with Gasteiger partial charge in [0, 0.05) is 12.6 Å². The molecular weight excluding hydrogens is 272 g/mol. The first-order chi connectivity index (χ1) is 10.8. The molecule has 3 nitrogen and oxygen atoms in total. The number of phenols is 1. The molecule has 1 N–H and O–H groups in total. The molecule has 0 bridgehead atoms. The smallest absolute Gasteiger partial charge is 0.115 e. The summed E-state index contributed by atoms with van der Waals surface area (Å²) in [6.45, 7) is 0. The molecule has 0 saturated heterocycles. The number of nitrogens with zero attached hydrogens (tertiary/aromatic N) is 2. The third-order valence-electron chi connectivity index (χ3n) is 4.23. The molecule has 3 heteroatoms. The molecule has 0 aromatic heterocycles. The van der Waals surface area contributed by atoms with Gasteiger partial charge in [-0.3, -0.25) is 4.99 Å². The second-order valence-electron chi connectivity index (χ2n) is 5.89. The van der Waals surface area contributed by atoms with E-state index in [1.165, 1.54) is 19.3 Å². The molecule has 1 unspecified atom stereocenters. The molecule has 1 heterocycles. The quantitative estimate of drug-likeness (QED) is 0.661. The van der Waals surface area contributed by atoms with Gasteiger partial charge in [-0.1, -0.05) is 50.3 Å². The molecule has 1 aliphatic heterocycles. The fourth-order valence-corrected chi connectivity index (χ4v) is 2.94. The minimum Gasteiger partial charge on any atom is -0.508 e. The lowest BCUT2D eigenvalue weighted by atomic mass is 9.85. The molecule has 1 aromatic carbocycles. The SMILES string of the molecule is N#CCCCCCCCCC1(c2ccc(O)cc2)C=CC=N1. The molecule has 0 fully saturated rings. The molecule has 0 spiro atoms. The summed E-state index contributed by atoms with van der Waals surface area (Å²) in [7, 11) is 0. The topological polar surface area (TPSA) is 56.4 Å². The Morgan fingerprint density at radius 2 is 1.68 bits per heavy atom. The van der Waals surface area contributed by atoms with E-state index in [0.29, 0.717) is 12.2 Å². The van der Waals surface area contributed by atoms with Crippen molar-refractivity contribution in [1.29, 1.82) is 5.26 Å². The molecular formula is C19H24N2O. The summed E-state index contributed by atoms with van der Waals surface area (Å²) in [6, 6.07) is 9.58. The number of rotatable bonds is 9. The number of nitriles is 1. The Hall–Kier alpha value is -2.08. The van der Waals surface area contributed by atoms with E-state index in [-0.39, 0.29) is 5.54 Å². The van der Waals surface area contributed by atoms with Crippen LogP contribution < -0.4 is 0 Å². The van der Waals surface area contributed by atoms with Gasteiger partial charge in [-0.05, 0) is 36.6 Å². The van der Waals surface area contributed by atoms with Crippen molar-refractivity contribution >= 4 is 6.21 Å². The maximum atomic E-state index is 9.44. The number of hydrogen-bond donors (Lipinski definition) is 1. The maximum Gasteiger partial charge on any atom is 0.115 e. The summed E-state index contributed by atoms with van der Waals surface area (Å²) >= 11 is 0. The van der Waals surface area contributed by atoms with Gasteiger partial charge in [-0.25, -0.2) is 0 Å². The van der Waals surface area contributed by atoms with E-state index in [1.54, 1.807) is 12.1 Å². The summed E-state index contributed by atoms with van der Waals surface area (Å²) in [4.78, 5) is 4.67. The summed E-state index contributed by atoms with van der Waals surface area (Å²) in [5, 5.41) is 17.9. The van der Waals surface area contributed by atoms with Gasteiger partial charge in [0.15, 0.2) is 0 Å². The van der Waals surface area contributed by atoms with Gasteiger partial charge >= 0.3 is 0 Å².